The van der Waals surface area contributed by atoms with Crippen LogP contribution in [-0.4, -0.2) is 16.0 Å². The third kappa shape index (κ3) is 3.65. The standard InChI is InChI=1S/C16H13ClN2OS/c17-14-9-5-4-6-12(14)10-11-21-16-19-18-15(20-16)13-7-2-1-3-8-13/h1-9H,10-11H2. The molecule has 0 amide bonds. The Balaban J connectivity index is 1.60. The van der Waals surface area contributed by atoms with Gasteiger partial charge in [-0.15, -0.1) is 10.2 Å². The summed E-state index contributed by atoms with van der Waals surface area (Å²) in [5, 5.41) is 9.51. The first-order valence-electron chi connectivity index (χ1n) is 6.58. The highest BCUT2D eigenvalue weighted by molar-refractivity contribution is 7.99. The third-order valence-electron chi connectivity index (χ3n) is 2.98. The molecule has 0 aliphatic rings. The van der Waals surface area contributed by atoms with Gasteiger partial charge in [0.05, 0.1) is 0 Å². The molecule has 0 saturated carbocycles. The molecule has 0 bridgehead atoms. The van der Waals surface area contributed by atoms with Crippen LogP contribution in [0.5, 0.6) is 0 Å². The van der Waals surface area contributed by atoms with Crippen molar-refractivity contribution < 1.29 is 4.42 Å². The normalized spacial score (nSPS) is 10.7. The molecule has 21 heavy (non-hydrogen) atoms. The van der Waals surface area contributed by atoms with Crippen LogP contribution in [0, 0.1) is 0 Å². The van der Waals surface area contributed by atoms with Gasteiger partial charge in [-0.2, -0.15) is 0 Å². The molecule has 1 heterocycles. The van der Waals surface area contributed by atoms with Gasteiger partial charge >= 0.3 is 0 Å². The van der Waals surface area contributed by atoms with Gasteiger partial charge < -0.3 is 4.42 Å². The second-order valence-corrected chi connectivity index (χ2v) is 5.88. The lowest BCUT2D eigenvalue weighted by molar-refractivity contribution is 0.466. The van der Waals surface area contributed by atoms with Gasteiger partial charge in [0, 0.05) is 16.3 Å². The van der Waals surface area contributed by atoms with E-state index in [1.165, 1.54) is 0 Å². The second-order valence-electron chi connectivity index (χ2n) is 4.43. The Morgan fingerprint density at radius 3 is 2.52 bits per heavy atom. The van der Waals surface area contributed by atoms with Crippen molar-refractivity contribution >= 4 is 23.4 Å². The predicted molar refractivity (Wildman–Crippen MR) is 85.6 cm³/mol. The molecule has 3 rings (SSSR count). The minimum Gasteiger partial charge on any atom is -0.411 e. The zero-order valence-electron chi connectivity index (χ0n) is 11.2. The Labute approximate surface area is 132 Å². The Bertz CT molecular complexity index is 715. The van der Waals surface area contributed by atoms with E-state index in [9.17, 15) is 0 Å². The average molecular weight is 317 g/mol. The first kappa shape index (κ1) is 14.2. The fourth-order valence-electron chi connectivity index (χ4n) is 1.91. The van der Waals surface area contributed by atoms with Gasteiger partial charge in [-0.1, -0.05) is 59.8 Å². The lowest BCUT2D eigenvalue weighted by atomic mass is 10.2. The molecule has 0 saturated heterocycles. The monoisotopic (exact) mass is 316 g/mol. The summed E-state index contributed by atoms with van der Waals surface area (Å²) in [6.07, 6.45) is 0.868. The highest BCUT2D eigenvalue weighted by atomic mass is 35.5. The Hall–Kier alpha value is -1.78. The van der Waals surface area contributed by atoms with E-state index < -0.39 is 0 Å². The number of aryl methyl sites for hydroxylation is 1. The molecule has 0 N–H and O–H groups in total. The van der Waals surface area contributed by atoms with Crippen LogP contribution < -0.4 is 0 Å². The fourth-order valence-corrected chi connectivity index (χ4v) is 2.88. The highest BCUT2D eigenvalue weighted by Gasteiger charge is 2.08. The van der Waals surface area contributed by atoms with E-state index in [2.05, 4.69) is 10.2 Å². The molecule has 3 nitrogen and oxygen atoms in total. The molecule has 2 aromatic carbocycles. The van der Waals surface area contributed by atoms with Gasteiger partial charge in [-0.05, 0) is 30.2 Å². The lowest BCUT2D eigenvalue weighted by Crippen LogP contribution is -1.89. The number of benzene rings is 2. The molecule has 5 heteroatoms. The maximum Gasteiger partial charge on any atom is 0.276 e. The van der Waals surface area contributed by atoms with Crippen LogP contribution in [-0.2, 0) is 6.42 Å². The number of thioether (sulfide) groups is 1. The van der Waals surface area contributed by atoms with Crippen molar-refractivity contribution in [2.75, 3.05) is 5.75 Å². The number of aromatic nitrogens is 2. The molecule has 106 valence electrons. The van der Waals surface area contributed by atoms with Crippen LogP contribution in [0.1, 0.15) is 5.56 Å². The van der Waals surface area contributed by atoms with Gasteiger partial charge in [0.1, 0.15) is 0 Å². The van der Waals surface area contributed by atoms with Crippen LogP contribution >= 0.6 is 23.4 Å². The maximum absolute atomic E-state index is 6.13. The number of halogens is 1. The molecular weight excluding hydrogens is 304 g/mol. The summed E-state index contributed by atoms with van der Waals surface area (Å²) >= 11 is 7.67. The number of nitrogens with zero attached hydrogens (tertiary/aromatic N) is 2. The zero-order chi connectivity index (χ0) is 14.5. The Morgan fingerprint density at radius 1 is 0.952 bits per heavy atom. The number of rotatable bonds is 5. The van der Waals surface area contributed by atoms with Crippen molar-refractivity contribution in [2.45, 2.75) is 11.6 Å². The predicted octanol–water partition coefficient (Wildman–Crippen LogP) is 4.72. The van der Waals surface area contributed by atoms with Crippen molar-refractivity contribution in [1.82, 2.24) is 10.2 Å². The summed E-state index contributed by atoms with van der Waals surface area (Å²) in [7, 11) is 0. The van der Waals surface area contributed by atoms with Crippen molar-refractivity contribution in [2.24, 2.45) is 0 Å². The SMILES string of the molecule is Clc1ccccc1CCSc1nnc(-c2ccccc2)o1. The van der Waals surface area contributed by atoms with Crippen LogP contribution in [0.3, 0.4) is 0 Å². The second kappa shape index (κ2) is 6.78. The average Bonchev–Trinajstić information content (AvgIpc) is 2.99. The molecular formula is C16H13ClN2OS. The first-order valence-corrected chi connectivity index (χ1v) is 7.94. The fraction of sp³-hybridized carbons (Fsp3) is 0.125. The number of hydrogen-bond donors (Lipinski definition) is 0. The summed E-state index contributed by atoms with van der Waals surface area (Å²) in [5.74, 6) is 1.40. The summed E-state index contributed by atoms with van der Waals surface area (Å²) in [6, 6.07) is 17.6. The van der Waals surface area contributed by atoms with Gasteiger partial charge in [0.2, 0.25) is 5.89 Å². The molecule has 0 atom stereocenters. The molecule has 0 radical (unpaired) electrons. The van der Waals surface area contributed by atoms with Gasteiger partial charge in [0.15, 0.2) is 0 Å². The molecule has 3 aromatic rings. The molecule has 0 aliphatic carbocycles. The van der Waals surface area contributed by atoms with Crippen LogP contribution in [0.2, 0.25) is 5.02 Å². The van der Waals surface area contributed by atoms with Crippen molar-refractivity contribution in [1.29, 1.82) is 0 Å². The maximum atomic E-state index is 6.13. The summed E-state index contributed by atoms with van der Waals surface area (Å²) in [6.45, 7) is 0. The first-order chi connectivity index (χ1) is 10.3. The van der Waals surface area contributed by atoms with E-state index in [-0.39, 0.29) is 0 Å². The Morgan fingerprint density at radius 2 is 1.71 bits per heavy atom. The molecule has 1 aromatic heterocycles. The van der Waals surface area contributed by atoms with E-state index in [0.29, 0.717) is 11.1 Å². The van der Waals surface area contributed by atoms with Crippen molar-refractivity contribution in [3.05, 3.63) is 65.2 Å². The van der Waals surface area contributed by atoms with Crippen molar-refractivity contribution in [3.63, 3.8) is 0 Å². The molecule has 0 fully saturated rings. The van der Waals surface area contributed by atoms with Gasteiger partial charge in [-0.3, -0.25) is 0 Å². The van der Waals surface area contributed by atoms with Gasteiger partial charge in [-0.25, -0.2) is 0 Å². The highest BCUT2D eigenvalue weighted by Crippen LogP contribution is 2.24. The minimum atomic E-state index is 0.552. The topological polar surface area (TPSA) is 38.9 Å². The summed E-state index contributed by atoms with van der Waals surface area (Å²) < 4.78 is 5.65. The van der Waals surface area contributed by atoms with E-state index in [1.807, 2.05) is 54.6 Å². The summed E-state index contributed by atoms with van der Waals surface area (Å²) in [5.41, 5.74) is 2.07. The Kier molecular flexibility index (Phi) is 4.58. The number of hydrogen-bond acceptors (Lipinski definition) is 4. The molecule has 0 spiro atoms. The van der Waals surface area contributed by atoms with Crippen LogP contribution in [0.25, 0.3) is 11.5 Å². The zero-order valence-corrected chi connectivity index (χ0v) is 12.8. The van der Waals surface area contributed by atoms with Crippen LogP contribution in [0.4, 0.5) is 0 Å². The van der Waals surface area contributed by atoms with E-state index >= 15 is 0 Å². The van der Waals surface area contributed by atoms with Crippen molar-refractivity contribution in [3.8, 4) is 11.5 Å². The van der Waals surface area contributed by atoms with Gasteiger partial charge in [0.25, 0.3) is 5.22 Å². The smallest absolute Gasteiger partial charge is 0.276 e. The van der Waals surface area contributed by atoms with Crippen LogP contribution in [0.15, 0.2) is 64.2 Å². The molecule has 0 unspecified atom stereocenters. The van der Waals surface area contributed by atoms with E-state index in [4.69, 9.17) is 16.0 Å². The minimum absolute atomic E-state index is 0.552. The van der Waals surface area contributed by atoms with E-state index in [0.717, 1.165) is 28.3 Å². The lowest BCUT2D eigenvalue weighted by Gasteiger charge is -2.01. The largest absolute Gasteiger partial charge is 0.411 e. The summed E-state index contributed by atoms with van der Waals surface area (Å²) in [4.78, 5) is 0. The quantitative estimate of drug-likeness (QED) is 0.638. The van der Waals surface area contributed by atoms with E-state index in [1.54, 1.807) is 11.8 Å². The third-order valence-corrected chi connectivity index (χ3v) is 4.17. The molecule has 0 aliphatic heterocycles.